The predicted molar refractivity (Wildman–Crippen MR) is 73.6 cm³/mol. The molecular weight excluding hydrogens is 294 g/mol. The van der Waals surface area contributed by atoms with Crippen molar-refractivity contribution in [2.24, 2.45) is 0 Å². The number of sulfonamides is 1. The molecule has 4 N–H and O–H groups in total. The Bertz CT molecular complexity index is 703. The van der Waals surface area contributed by atoms with Crippen LogP contribution in [0.3, 0.4) is 0 Å². The molecule has 0 saturated heterocycles. The number of aromatic nitrogens is 5. The second-order valence-corrected chi connectivity index (χ2v) is 6.73. The van der Waals surface area contributed by atoms with Crippen molar-refractivity contribution in [3.8, 4) is 0 Å². The number of nitrogens with zero attached hydrogens (tertiary/aromatic N) is 3. The molecular formula is C11H17N7O2S. The average Bonchev–Trinajstić information content (AvgIpc) is 2.98. The van der Waals surface area contributed by atoms with Crippen molar-refractivity contribution in [2.75, 3.05) is 0 Å². The first kappa shape index (κ1) is 14.2. The summed E-state index contributed by atoms with van der Waals surface area (Å²) in [5.74, 6) is 0.448. The van der Waals surface area contributed by atoms with Crippen LogP contribution >= 0.6 is 0 Å². The van der Waals surface area contributed by atoms with Crippen LogP contribution in [0.2, 0.25) is 0 Å². The van der Waals surface area contributed by atoms with Crippen LogP contribution in [0.15, 0.2) is 11.4 Å². The molecule has 3 rings (SSSR count). The third kappa shape index (κ3) is 3.28. The van der Waals surface area contributed by atoms with Gasteiger partial charge in [0, 0.05) is 23.8 Å². The van der Waals surface area contributed by atoms with Gasteiger partial charge in [-0.15, -0.1) is 0 Å². The van der Waals surface area contributed by atoms with Crippen LogP contribution < -0.4 is 10.0 Å². The summed E-state index contributed by atoms with van der Waals surface area (Å²) in [5.41, 5.74) is 1.43. The number of aromatic amines is 2. The fourth-order valence-electron chi connectivity index (χ4n) is 1.94. The number of hydrogen-bond donors (Lipinski definition) is 4. The molecule has 0 amide bonds. The summed E-state index contributed by atoms with van der Waals surface area (Å²) in [6, 6.07) is 0.497. The number of nitrogens with one attached hydrogen (secondary N) is 4. The third-order valence-corrected chi connectivity index (χ3v) is 4.70. The van der Waals surface area contributed by atoms with Crippen LogP contribution in [-0.4, -0.2) is 39.8 Å². The van der Waals surface area contributed by atoms with Gasteiger partial charge in [-0.2, -0.15) is 10.2 Å². The molecule has 0 spiro atoms. The summed E-state index contributed by atoms with van der Waals surface area (Å²) in [4.78, 5) is 3.87. The van der Waals surface area contributed by atoms with Crippen molar-refractivity contribution in [3.63, 3.8) is 0 Å². The van der Waals surface area contributed by atoms with E-state index in [2.05, 4.69) is 35.4 Å². The first-order valence-electron chi connectivity index (χ1n) is 6.67. The molecule has 9 nitrogen and oxygen atoms in total. The Morgan fingerprint density at radius 2 is 2.14 bits per heavy atom. The molecule has 1 aliphatic rings. The number of aryl methyl sites for hydroxylation is 1. The maximum atomic E-state index is 12.3. The maximum Gasteiger partial charge on any atom is 0.260 e. The van der Waals surface area contributed by atoms with Gasteiger partial charge in [-0.3, -0.25) is 10.2 Å². The number of H-pyrrole nitrogens is 2. The Labute approximate surface area is 122 Å². The van der Waals surface area contributed by atoms with Crippen LogP contribution in [0.1, 0.15) is 29.9 Å². The van der Waals surface area contributed by atoms with E-state index in [0.29, 0.717) is 24.0 Å². The van der Waals surface area contributed by atoms with Gasteiger partial charge < -0.3 is 5.32 Å². The molecule has 0 unspecified atom stereocenters. The van der Waals surface area contributed by atoms with Gasteiger partial charge >= 0.3 is 0 Å². The number of hydrogen-bond acceptors (Lipinski definition) is 6. The van der Waals surface area contributed by atoms with Crippen molar-refractivity contribution in [2.45, 2.75) is 43.9 Å². The van der Waals surface area contributed by atoms with Gasteiger partial charge in [0.05, 0.1) is 6.54 Å². The molecule has 114 valence electrons. The molecule has 2 aromatic heterocycles. The highest BCUT2D eigenvalue weighted by molar-refractivity contribution is 7.89. The summed E-state index contributed by atoms with van der Waals surface area (Å²) in [5, 5.41) is 16.3. The van der Waals surface area contributed by atoms with Gasteiger partial charge in [0.1, 0.15) is 12.2 Å². The van der Waals surface area contributed by atoms with E-state index in [1.807, 2.05) is 6.92 Å². The normalized spacial score (nSPS) is 15.5. The summed E-state index contributed by atoms with van der Waals surface area (Å²) >= 11 is 0. The topological polar surface area (TPSA) is 128 Å². The zero-order valence-corrected chi connectivity index (χ0v) is 12.4. The smallest absolute Gasteiger partial charge is 0.260 e. The Balaban J connectivity index is 1.74. The molecule has 0 bridgehead atoms. The van der Waals surface area contributed by atoms with E-state index in [0.717, 1.165) is 18.5 Å². The molecule has 1 aliphatic carbocycles. The van der Waals surface area contributed by atoms with Gasteiger partial charge in [0.15, 0.2) is 5.03 Å². The van der Waals surface area contributed by atoms with E-state index in [4.69, 9.17) is 0 Å². The first-order valence-corrected chi connectivity index (χ1v) is 8.15. The molecule has 0 atom stereocenters. The first-order chi connectivity index (χ1) is 10.1. The quantitative estimate of drug-likeness (QED) is 0.549. The van der Waals surface area contributed by atoms with Crippen LogP contribution in [-0.2, 0) is 23.1 Å². The van der Waals surface area contributed by atoms with Crippen molar-refractivity contribution in [1.29, 1.82) is 0 Å². The summed E-state index contributed by atoms with van der Waals surface area (Å²) in [6.07, 6.45) is 3.61. The molecule has 0 aliphatic heterocycles. The average molecular weight is 311 g/mol. The fraction of sp³-hybridized carbons (Fsp3) is 0.545. The highest BCUT2D eigenvalue weighted by Crippen LogP contribution is 2.22. The lowest BCUT2D eigenvalue weighted by atomic mass is 10.2. The molecule has 0 radical (unpaired) electrons. The largest absolute Gasteiger partial charge is 0.310 e. The van der Waals surface area contributed by atoms with E-state index in [-0.39, 0.29) is 11.6 Å². The van der Waals surface area contributed by atoms with E-state index < -0.39 is 10.0 Å². The minimum Gasteiger partial charge on any atom is -0.310 e. The zero-order valence-electron chi connectivity index (χ0n) is 11.5. The highest BCUT2D eigenvalue weighted by Gasteiger charge is 2.26. The molecule has 2 aromatic rings. The van der Waals surface area contributed by atoms with Crippen LogP contribution in [0, 0.1) is 6.92 Å². The standard InChI is InChI=1S/C11H17N7O2S/c1-7-9(4-12-8-2-3-8)11(18-16-7)21(19,20)15-5-10-13-6-14-17-10/h6,8,12,15H,2-5H2,1H3,(H,16,18)(H,13,14,17). The fourth-order valence-corrected chi connectivity index (χ4v) is 3.12. The van der Waals surface area contributed by atoms with E-state index in [1.54, 1.807) is 0 Å². The van der Waals surface area contributed by atoms with Gasteiger partial charge in [0.25, 0.3) is 10.0 Å². The van der Waals surface area contributed by atoms with Gasteiger partial charge in [-0.05, 0) is 19.8 Å². The minimum absolute atomic E-state index is 0.0349. The Kier molecular flexibility index (Phi) is 3.74. The Morgan fingerprint density at radius 3 is 2.81 bits per heavy atom. The maximum absolute atomic E-state index is 12.3. The van der Waals surface area contributed by atoms with E-state index in [1.165, 1.54) is 6.33 Å². The zero-order chi connectivity index (χ0) is 14.9. The molecule has 1 fully saturated rings. The Morgan fingerprint density at radius 1 is 1.33 bits per heavy atom. The van der Waals surface area contributed by atoms with Crippen LogP contribution in [0.25, 0.3) is 0 Å². The van der Waals surface area contributed by atoms with Crippen molar-refractivity contribution in [3.05, 3.63) is 23.4 Å². The second kappa shape index (κ2) is 5.54. The number of rotatable bonds is 7. The molecule has 21 heavy (non-hydrogen) atoms. The Hall–Kier alpha value is -1.78. The van der Waals surface area contributed by atoms with Crippen LogP contribution in [0.4, 0.5) is 0 Å². The highest BCUT2D eigenvalue weighted by atomic mass is 32.2. The lowest BCUT2D eigenvalue weighted by molar-refractivity contribution is 0.571. The van der Waals surface area contributed by atoms with Gasteiger partial charge in [0.2, 0.25) is 0 Å². The van der Waals surface area contributed by atoms with Crippen molar-refractivity contribution in [1.82, 2.24) is 35.4 Å². The molecule has 0 aromatic carbocycles. The summed E-state index contributed by atoms with van der Waals surface area (Å²) in [6.45, 7) is 2.35. The van der Waals surface area contributed by atoms with Gasteiger partial charge in [-0.1, -0.05) is 0 Å². The van der Waals surface area contributed by atoms with E-state index in [9.17, 15) is 8.42 Å². The van der Waals surface area contributed by atoms with Crippen molar-refractivity contribution < 1.29 is 8.42 Å². The predicted octanol–water partition coefficient (Wildman–Crippen LogP) is -0.433. The molecule has 1 saturated carbocycles. The lowest BCUT2D eigenvalue weighted by Gasteiger charge is -2.07. The third-order valence-electron chi connectivity index (χ3n) is 3.33. The summed E-state index contributed by atoms with van der Waals surface area (Å²) in [7, 11) is -3.69. The van der Waals surface area contributed by atoms with E-state index >= 15 is 0 Å². The van der Waals surface area contributed by atoms with Crippen molar-refractivity contribution >= 4 is 10.0 Å². The molecule has 2 heterocycles. The van der Waals surface area contributed by atoms with Gasteiger partial charge in [-0.25, -0.2) is 18.1 Å². The second-order valence-electron chi connectivity index (χ2n) is 5.04. The summed E-state index contributed by atoms with van der Waals surface area (Å²) < 4.78 is 27.1. The SMILES string of the molecule is Cc1[nH]nc(S(=O)(=O)NCc2ncn[nH]2)c1CNC1CC1. The minimum atomic E-state index is -3.69. The lowest BCUT2D eigenvalue weighted by Crippen LogP contribution is -2.26. The monoisotopic (exact) mass is 311 g/mol. The molecule has 10 heteroatoms. The van der Waals surface area contributed by atoms with Crippen LogP contribution in [0.5, 0.6) is 0 Å².